The summed E-state index contributed by atoms with van der Waals surface area (Å²) in [6.45, 7) is 9.31. The van der Waals surface area contributed by atoms with Crippen LogP contribution in [0.15, 0.2) is 6.07 Å². The van der Waals surface area contributed by atoms with Crippen molar-refractivity contribution in [1.82, 2.24) is 24.9 Å². The smallest absolute Gasteiger partial charge is 0.241 e. The quantitative estimate of drug-likeness (QED) is 0.829. The lowest BCUT2D eigenvalue weighted by Crippen LogP contribution is -2.29. The Hall–Kier alpha value is -1.82. The van der Waals surface area contributed by atoms with Gasteiger partial charge in [-0.15, -0.1) is 0 Å². The fourth-order valence-electron chi connectivity index (χ4n) is 2.38. The highest BCUT2D eigenvalue weighted by molar-refractivity contribution is 6.31. The van der Waals surface area contributed by atoms with Gasteiger partial charge < -0.3 is 5.32 Å². The summed E-state index contributed by atoms with van der Waals surface area (Å²) in [5.74, 6) is -0.0596. The van der Waals surface area contributed by atoms with Crippen molar-refractivity contribution in [2.75, 3.05) is 6.54 Å². The van der Waals surface area contributed by atoms with Gasteiger partial charge in [-0.05, 0) is 40.2 Å². The molecule has 6 nitrogen and oxygen atoms in total. The van der Waals surface area contributed by atoms with Crippen LogP contribution < -0.4 is 5.32 Å². The van der Waals surface area contributed by atoms with Gasteiger partial charge in [0.05, 0.1) is 22.1 Å². The number of halogens is 1. The van der Waals surface area contributed by atoms with Crippen LogP contribution >= 0.6 is 11.6 Å². The van der Waals surface area contributed by atoms with Crippen molar-refractivity contribution in [2.24, 2.45) is 0 Å². The largest absolute Gasteiger partial charge is 0.354 e. The van der Waals surface area contributed by atoms with Crippen molar-refractivity contribution in [2.45, 2.75) is 47.2 Å². The fraction of sp³-hybridized carbons (Fsp3) is 0.533. The number of hydrogen-bond donors (Lipinski definition) is 1. The lowest BCUT2D eigenvalue weighted by Gasteiger charge is -2.08. The van der Waals surface area contributed by atoms with Gasteiger partial charge >= 0.3 is 0 Å². The standard InChI is InChI=1S/C15H22ClN5O/c1-10-8-11(2)20(18-10)7-5-6-17-14(22)9-21-13(4)15(16)12(3)19-21/h8H,5-7,9H2,1-4H3,(H,17,22). The molecule has 0 atom stereocenters. The lowest BCUT2D eigenvalue weighted by atomic mass is 10.3. The number of carbonyl (C=O) groups is 1. The lowest BCUT2D eigenvalue weighted by molar-refractivity contribution is -0.121. The number of nitrogens with one attached hydrogen (secondary N) is 1. The average Bonchev–Trinajstić information content (AvgIpc) is 2.89. The predicted octanol–water partition coefficient (Wildman–Crippen LogP) is 2.17. The van der Waals surface area contributed by atoms with E-state index < -0.39 is 0 Å². The van der Waals surface area contributed by atoms with Crippen molar-refractivity contribution in [3.63, 3.8) is 0 Å². The van der Waals surface area contributed by atoms with Gasteiger partial charge in [0.1, 0.15) is 6.54 Å². The molecule has 2 aromatic heterocycles. The second kappa shape index (κ2) is 6.96. The Labute approximate surface area is 135 Å². The van der Waals surface area contributed by atoms with E-state index in [4.69, 9.17) is 11.6 Å². The number of aryl methyl sites for hydroxylation is 4. The summed E-state index contributed by atoms with van der Waals surface area (Å²) in [5, 5.41) is 12.2. The zero-order valence-electron chi connectivity index (χ0n) is 13.5. The van der Waals surface area contributed by atoms with Crippen LogP contribution in [0.1, 0.15) is 29.2 Å². The maximum absolute atomic E-state index is 11.9. The summed E-state index contributed by atoms with van der Waals surface area (Å²) in [6.07, 6.45) is 0.839. The zero-order valence-corrected chi connectivity index (χ0v) is 14.2. The first-order chi connectivity index (χ1) is 10.4. The minimum atomic E-state index is -0.0596. The molecule has 0 aromatic carbocycles. The third-order valence-corrected chi connectivity index (χ3v) is 4.11. The maximum Gasteiger partial charge on any atom is 0.241 e. The number of aromatic nitrogens is 4. The molecule has 2 rings (SSSR count). The van der Waals surface area contributed by atoms with E-state index in [1.54, 1.807) is 4.68 Å². The van der Waals surface area contributed by atoms with E-state index in [9.17, 15) is 4.79 Å². The summed E-state index contributed by atoms with van der Waals surface area (Å²) >= 11 is 6.07. The van der Waals surface area contributed by atoms with E-state index in [0.29, 0.717) is 11.6 Å². The number of amides is 1. The first-order valence-electron chi connectivity index (χ1n) is 7.35. The van der Waals surface area contributed by atoms with Crippen LogP contribution in [-0.2, 0) is 17.9 Å². The van der Waals surface area contributed by atoms with Crippen molar-refractivity contribution in [1.29, 1.82) is 0 Å². The second-order valence-electron chi connectivity index (χ2n) is 5.50. The van der Waals surface area contributed by atoms with Crippen molar-refractivity contribution < 1.29 is 4.79 Å². The van der Waals surface area contributed by atoms with E-state index >= 15 is 0 Å². The Morgan fingerprint density at radius 1 is 1.23 bits per heavy atom. The van der Waals surface area contributed by atoms with Crippen LogP contribution in [0.4, 0.5) is 0 Å². The molecule has 2 heterocycles. The minimum absolute atomic E-state index is 0.0596. The molecule has 120 valence electrons. The van der Waals surface area contributed by atoms with Gasteiger partial charge in [-0.25, -0.2) is 0 Å². The maximum atomic E-state index is 11.9. The molecule has 1 amide bonds. The molecule has 7 heteroatoms. The highest BCUT2D eigenvalue weighted by atomic mass is 35.5. The highest BCUT2D eigenvalue weighted by Crippen LogP contribution is 2.18. The van der Waals surface area contributed by atoms with Gasteiger partial charge in [0.2, 0.25) is 5.91 Å². The first kappa shape index (κ1) is 16.5. The molecule has 22 heavy (non-hydrogen) atoms. The Morgan fingerprint density at radius 2 is 1.95 bits per heavy atom. The molecule has 0 aliphatic carbocycles. The van der Waals surface area contributed by atoms with E-state index in [-0.39, 0.29) is 12.5 Å². The molecule has 0 unspecified atom stereocenters. The number of carbonyl (C=O) groups excluding carboxylic acids is 1. The van der Waals surface area contributed by atoms with Crippen LogP contribution in [-0.4, -0.2) is 32.0 Å². The molecule has 2 aromatic rings. The summed E-state index contributed by atoms with van der Waals surface area (Å²) in [4.78, 5) is 11.9. The van der Waals surface area contributed by atoms with E-state index in [0.717, 1.165) is 35.7 Å². The molecule has 0 saturated carbocycles. The predicted molar refractivity (Wildman–Crippen MR) is 86.0 cm³/mol. The molecule has 0 radical (unpaired) electrons. The third-order valence-electron chi connectivity index (χ3n) is 3.56. The fourth-order valence-corrected chi connectivity index (χ4v) is 2.51. The Bertz CT molecular complexity index is 674. The van der Waals surface area contributed by atoms with Gasteiger partial charge in [-0.1, -0.05) is 11.6 Å². The molecule has 0 fully saturated rings. The van der Waals surface area contributed by atoms with Gasteiger partial charge in [-0.3, -0.25) is 14.2 Å². The van der Waals surface area contributed by atoms with Crippen LogP contribution in [0, 0.1) is 27.7 Å². The van der Waals surface area contributed by atoms with Crippen LogP contribution in [0.2, 0.25) is 5.02 Å². The van der Waals surface area contributed by atoms with Crippen LogP contribution in [0.5, 0.6) is 0 Å². The number of nitrogens with zero attached hydrogens (tertiary/aromatic N) is 4. The van der Waals surface area contributed by atoms with E-state index in [1.807, 2.05) is 38.4 Å². The van der Waals surface area contributed by atoms with Gasteiger partial charge in [0.15, 0.2) is 0 Å². The average molecular weight is 324 g/mol. The number of rotatable bonds is 6. The summed E-state index contributed by atoms with van der Waals surface area (Å²) < 4.78 is 3.59. The van der Waals surface area contributed by atoms with E-state index in [1.165, 1.54) is 0 Å². The normalized spacial score (nSPS) is 11.0. The van der Waals surface area contributed by atoms with Crippen LogP contribution in [0.25, 0.3) is 0 Å². The SMILES string of the molecule is Cc1cc(C)n(CCCNC(=O)Cn2nc(C)c(Cl)c2C)n1. The molecule has 0 aliphatic heterocycles. The molecular formula is C15H22ClN5O. The Kier molecular flexibility index (Phi) is 5.24. The third kappa shape index (κ3) is 3.88. The monoisotopic (exact) mass is 323 g/mol. The number of hydrogen-bond acceptors (Lipinski definition) is 3. The zero-order chi connectivity index (χ0) is 16.3. The Balaban J connectivity index is 1.76. The van der Waals surface area contributed by atoms with Gasteiger partial charge in [-0.2, -0.15) is 10.2 Å². The molecule has 0 saturated heterocycles. The van der Waals surface area contributed by atoms with Gasteiger partial charge in [0, 0.05) is 18.8 Å². The second-order valence-corrected chi connectivity index (χ2v) is 5.87. The molecule has 1 N–H and O–H groups in total. The molecule has 0 aliphatic rings. The van der Waals surface area contributed by atoms with Crippen LogP contribution in [0.3, 0.4) is 0 Å². The molecule has 0 spiro atoms. The topological polar surface area (TPSA) is 64.7 Å². The van der Waals surface area contributed by atoms with Gasteiger partial charge in [0.25, 0.3) is 0 Å². The molecular weight excluding hydrogens is 302 g/mol. The summed E-state index contributed by atoms with van der Waals surface area (Å²) in [5.41, 5.74) is 3.72. The first-order valence-corrected chi connectivity index (χ1v) is 7.73. The van der Waals surface area contributed by atoms with Crippen molar-refractivity contribution >= 4 is 17.5 Å². The Morgan fingerprint density at radius 3 is 2.50 bits per heavy atom. The summed E-state index contributed by atoms with van der Waals surface area (Å²) in [6, 6.07) is 2.05. The van der Waals surface area contributed by atoms with Crippen molar-refractivity contribution in [3.05, 3.63) is 33.9 Å². The van der Waals surface area contributed by atoms with Crippen molar-refractivity contribution in [3.8, 4) is 0 Å². The van der Waals surface area contributed by atoms with E-state index in [2.05, 4.69) is 15.5 Å². The minimum Gasteiger partial charge on any atom is -0.354 e. The highest BCUT2D eigenvalue weighted by Gasteiger charge is 2.11. The molecule has 0 bridgehead atoms. The summed E-state index contributed by atoms with van der Waals surface area (Å²) in [7, 11) is 0.